The summed E-state index contributed by atoms with van der Waals surface area (Å²) in [6.07, 6.45) is -0.790. The Morgan fingerprint density at radius 1 is 1.14 bits per heavy atom. The van der Waals surface area contributed by atoms with Gasteiger partial charge in [-0.2, -0.15) is 4.68 Å². The lowest BCUT2D eigenvalue weighted by Crippen LogP contribution is -2.19. The van der Waals surface area contributed by atoms with Gasteiger partial charge in [0, 0.05) is 10.8 Å². The Morgan fingerprint density at radius 2 is 1.86 bits per heavy atom. The van der Waals surface area contributed by atoms with Gasteiger partial charge in [-0.3, -0.25) is 0 Å². The Hall–Kier alpha value is -2.13. The number of tetrazole rings is 1. The summed E-state index contributed by atoms with van der Waals surface area (Å²) in [5.74, 6) is 1.16. The molecule has 0 saturated carbocycles. The van der Waals surface area contributed by atoms with E-state index in [-0.39, 0.29) is 12.7 Å². The van der Waals surface area contributed by atoms with Crippen molar-refractivity contribution in [2.45, 2.75) is 24.3 Å². The SMILES string of the molecule is COc1ccc(-n2nnnc2SC[C@H](O)CO[C@@H](C)c2ccc(Cl)cc2)cc1. The van der Waals surface area contributed by atoms with Gasteiger partial charge >= 0.3 is 0 Å². The zero-order chi connectivity index (χ0) is 19.9. The van der Waals surface area contributed by atoms with Crippen LogP contribution in [0.5, 0.6) is 5.75 Å². The maximum absolute atomic E-state index is 10.3. The maximum Gasteiger partial charge on any atom is 0.214 e. The van der Waals surface area contributed by atoms with Gasteiger partial charge in [0.15, 0.2) is 0 Å². The summed E-state index contributed by atoms with van der Waals surface area (Å²) in [4.78, 5) is 0. The minimum atomic E-state index is -0.652. The molecule has 1 heterocycles. The lowest BCUT2D eigenvalue weighted by Gasteiger charge is -2.16. The van der Waals surface area contributed by atoms with Crippen molar-refractivity contribution in [3.63, 3.8) is 0 Å². The lowest BCUT2D eigenvalue weighted by molar-refractivity contribution is 0.00621. The number of aliphatic hydroxyl groups excluding tert-OH is 1. The third-order valence-electron chi connectivity index (χ3n) is 4.04. The van der Waals surface area contributed by atoms with Crippen molar-refractivity contribution in [3.05, 3.63) is 59.1 Å². The molecule has 0 radical (unpaired) electrons. The molecule has 2 aromatic carbocycles. The molecule has 7 nitrogen and oxygen atoms in total. The predicted molar refractivity (Wildman–Crippen MR) is 108 cm³/mol. The van der Waals surface area contributed by atoms with Crippen LogP contribution in [0.2, 0.25) is 5.02 Å². The Kier molecular flexibility index (Phi) is 7.27. The Bertz CT molecular complexity index is 874. The highest BCUT2D eigenvalue weighted by atomic mass is 35.5. The van der Waals surface area contributed by atoms with Gasteiger partial charge in [-0.25, -0.2) is 0 Å². The highest BCUT2D eigenvalue weighted by Crippen LogP contribution is 2.22. The van der Waals surface area contributed by atoms with E-state index < -0.39 is 6.10 Å². The fourth-order valence-electron chi connectivity index (χ4n) is 2.46. The molecule has 28 heavy (non-hydrogen) atoms. The molecule has 3 rings (SSSR count). The summed E-state index contributed by atoms with van der Waals surface area (Å²) >= 11 is 7.26. The molecular weight excluding hydrogens is 400 g/mol. The van der Waals surface area contributed by atoms with Gasteiger partial charge < -0.3 is 14.6 Å². The van der Waals surface area contributed by atoms with E-state index in [0.29, 0.717) is 15.9 Å². The van der Waals surface area contributed by atoms with Crippen LogP contribution in [0.15, 0.2) is 53.7 Å². The number of nitrogens with zero attached hydrogens (tertiary/aromatic N) is 4. The van der Waals surface area contributed by atoms with Crippen LogP contribution < -0.4 is 4.74 Å². The topological polar surface area (TPSA) is 82.3 Å². The molecule has 9 heteroatoms. The molecule has 3 aromatic rings. The molecule has 0 fully saturated rings. The van der Waals surface area contributed by atoms with Crippen LogP contribution in [0.4, 0.5) is 0 Å². The van der Waals surface area contributed by atoms with Crippen LogP contribution in [-0.4, -0.2) is 50.9 Å². The molecule has 0 bridgehead atoms. The molecule has 148 valence electrons. The van der Waals surface area contributed by atoms with Crippen molar-refractivity contribution in [3.8, 4) is 11.4 Å². The van der Waals surface area contributed by atoms with Crippen LogP contribution in [-0.2, 0) is 4.74 Å². The molecule has 0 aliphatic carbocycles. The average Bonchev–Trinajstić information content (AvgIpc) is 3.19. The number of halogens is 1. The lowest BCUT2D eigenvalue weighted by atomic mass is 10.1. The first-order valence-electron chi connectivity index (χ1n) is 8.67. The van der Waals surface area contributed by atoms with Crippen LogP contribution in [0.25, 0.3) is 5.69 Å². The third kappa shape index (κ3) is 5.45. The minimum absolute atomic E-state index is 0.137. The number of aliphatic hydroxyl groups is 1. The standard InChI is InChI=1S/C19H21ClN4O3S/c1-13(14-3-5-15(20)6-4-14)27-11-17(25)12-28-19-21-22-23-24(19)16-7-9-18(26-2)10-8-16/h3-10,13,17,25H,11-12H2,1-2H3/t13-,17+/m0/s1. The Morgan fingerprint density at radius 3 is 2.54 bits per heavy atom. The quantitative estimate of drug-likeness (QED) is 0.530. The largest absolute Gasteiger partial charge is 0.497 e. The van der Waals surface area contributed by atoms with E-state index in [2.05, 4.69) is 15.5 Å². The number of rotatable bonds is 9. The third-order valence-corrected chi connectivity index (χ3v) is 5.36. The summed E-state index contributed by atoms with van der Waals surface area (Å²) < 4.78 is 12.5. The van der Waals surface area contributed by atoms with E-state index in [1.54, 1.807) is 11.8 Å². The van der Waals surface area contributed by atoms with Gasteiger partial charge in [0.2, 0.25) is 5.16 Å². The monoisotopic (exact) mass is 420 g/mol. The first-order chi connectivity index (χ1) is 13.6. The van der Waals surface area contributed by atoms with E-state index in [1.165, 1.54) is 11.8 Å². The molecule has 0 spiro atoms. The van der Waals surface area contributed by atoms with Crippen LogP contribution >= 0.6 is 23.4 Å². The molecule has 0 unspecified atom stereocenters. The molecule has 0 aliphatic rings. The number of hydrogen-bond donors (Lipinski definition) is 1. The number of hydrogen-bond acceptors (Lipinski definition) is 7. The highest BCUT2D eigenvalue weighted by molar-refractivity contribution is 7.99. The molecule has 1 aromatic heterocycles. The van der Waals surface area contributed by atoms with Crippen molar-refractivity contribution in [1.29, 1.82) is 0 Å². The van der Waals surface area contributed by atoms with Crippen molar-refractivity contribution >= 4 is 23.4 Å². The minimum Gasteiger partial charge on any atom is -0.497 e. The zero-order valence-corrected chi connectivity index (χ0v) is 17.1. The highest BCUT2D eigenvalue weighted by Gasteiger charge is 2.14. The second-order valence-electron chi connectivity index (χ2n) is 6.06. The number of benzene rings is 2. The average molecular weight is 421 g/mol. The summed E-state index contributed by atoms with van der Waals surface area (Å²) in [5.41, 5.74) is 1.82. The molecule has 1 N–H and O–H groups in total. The molecular formula is C19H21ClN4O3S. The smallest absolute Gasteiger partial charge is 0.214 e. The number of ether oxygens (including phenoxy) is 2. The van der Waals surface area contributed by atoms with Gasteiger partial charge in [-0.15, -0.1) is 5.10 Å². The molecule has 0 saturated heterocycles. The first-order valence-corrected chi connectivity index (χ1v) is 10.0. The van der Waals surface area contributed by atoms with Crippen molar-refractivity contribution in [1.82, 2.24) is 20.2 Å². The summed E-state index contributed by atoms with van der Waals surface area (Å²) in [6.45, 7) is 2.15. The van der Waals surface area contributed by atoms with Crippen molar-refractivity contribution in [2.24, 2.45) is 0 Å². The predicted octanol–water partition coefficient (Wildman–Crippen LogP) is 3.56. The van der Waals surface area contributed by atoms with Crippen molar-refractivity contribution in [2.75, 3.05) is 19.5 Å². The number of methoxy groups -OCH3 is 1. The van der Waals surface area contributed by atoms with E-state index in [4.69, 9.17) is 21.1 Å². The van der Waals surface area contributed by atoms with Crippen LogP contribution in [0.3, 0.4) is 0 Å². The molecule has 0 aliphatic heterocycles. The van der Waals surface area contributed by atoms with E-state index in [0.717, 1.165) is 17.0 Å². The normalized spacial score (nSPS) is 13.3. The van der Waals surface area contributed by atoms with E-state index in [9.17, 15) is 5.11 Å². The van der Waals surface area contributed by atoms with E-state index in [1.807, 2.05) is 55.5 Å². The first kappa shape index (κ1) is 20.6. The van der Waals surface area contributed by atoms with Gasteiger partial charge in [-0.1, -0.05) is 35.5 Å². The number of aromatic nitrogens is 4. The zero-order valence-electron chi connectivity index (χ0n) is 15.5. The van der Waals surface area contributed by atoms with Gasteiger partial charge in [0.05, 0.1) is 31.6 Å². The Balaban J connectivity index is 1.51. The molecule has 2 atom stereocenters. The van der Waals surface area contributed by atoms with Crippen LogP contribution in [0.1, 0.15) is 18.6 Å². The second-order valence-corrected chi connectivity index (χ2v) is 7.49. The summed E-state index contributed by atoms with van der Waals surface area (Å²) in [5, 5.41) is 23.3. The van der Waals surface area contributed by atoms with Gasteiger partial charge in [-0.05, 0) is 59.3 Å². The summed E-state index contributed by atoms with van der Waals surface area (Å²) in [7, 11) is 1.62. The van der Waals surface area contributed by atoms with E-state index >= 15 is 0 Å². The van der Waals surface area contributed by atoms with Gasteiger partial charge in [0.25, 0.3) is 0 Å². The molecule has 0 amide bonds. The van der Waals surface area contributed by atoms with Gasteiger partial charge in [0.1, 0.15) is 5.75 Å². The fraction of sp³-hybridized carbons (Fsp3) is 0.316. The Labute approximate surface area is 172 Å². The maximum atomic E-state index is 10.3. The summed E-state index contributed by atoms with van der Waals surface area (Å²) in [6, 6.07) is 14.9. The van der Waals surface area contributed by atoms with Crippen LogP contribution in [0, 0.1) is 0 Å². The second kappa shape index (κ2) is 9.88. The number of thioether (sulfide) groups is 1. The fourth-order valence-corrected chi connectivity index (χ4v) is 3.38. The van der Waals surface area contributed by atoms with Crippen molar-refractivity contribution < 1.29 is 14.6 Å².